The Bertz CT molecular complexity index is 687. The highest BCUT2D eigenvalue weighted by Gasteiger charge is 2.40. The second kappa shape index (κ2) is 6.94. The standard InChI is InChI=1S/C14H17ClN2O4S/c1-20-9-11-5-12(21-2)8-17(11)22(18,19)13-4-3-10(7-16)14(15)6-13/h3-4,6,11-12H,5,8-9H2,1-2H3/t11-,12+/m0/s1. The molecule has 1 aliphatic heterocycles. The summed E-state index contributed by atoms with van der Waals surface area (Å²) in [5.41, 5.74) is 0.241. The molecule has 0 radical (unpaired) electrons. The summed E-state index contributed by atoms with van der Waals surface area (Å²) in [6.45, 7) is 0.563. The van der Waals surface area contributed by atoms with E-state index in [0.717, 1.165) is 0 Å². The van der Waals surface area contributed by atoms with Gasteiger partial charge in [0.05, 0.1) is 34.2 Å². The van der Waals surface area contributed by atoms with Gasteiger partial charge >= 0.3 is 0 Å². The van der Waals surface area contributed by atoms with E-state index in [1.807, 2.05) is 6.07 Å². The zero-order valence-corrected chi connectivity index (χ0v) is 13.9. The van der Waals surface area contributed by atoms with Crippen molar-refractivity contribution in [1.82, 2.24) is 4.31 Å². The third-order valence-electron chi connectivity index (χ3n) is 3.69. The molecule has 0 N–H and O–H groups in total. The van der Waals surface area contributed by atoms with Crippen molar-refractivity contribution in [2.45, 2.75) is 23.5 Å². The zero-order chi connectivity index (χ0) is 16.3. The van der Waals surface area contributed by atoms with Crippen LogP contribution >= 0.6 is 11.6 Å². The molecule has 22 heavy (non-hydrogen) atoms. The first-order valence-electron chi connectivity index (χ1n) is 6.67. The van der Waals surface area contributed by atoms with Gasteiger partial charge in [0.1, 0.15) is 6.07 Å². The SMILES string of the molecule is COC[C@@H]1C[C@@H](OC)CN1S(=O)(=O)c1ccc(C#N)c(Cl)c1. The number of halogens is 1. The summed E-state index contributed by atoms with van der Waals surface area (Å²) >= 11 is 5.94. The van der Waals surface area contributed by atoms with Crippen LogP contribution in [0.25, 0.3) is 0 Å². The summed E-state index contributed by atoms with van der Waals surface area (Å²) in [5.74, 6) is 0. The molecule has 1 fully saturated rings. The maximum atomic E-state index is 12.8. The predicted molar refractivity (Wildman–Crippen MR) is 81.1 cm³/mol. The van der Waals surface area contributed by atoms with Crippen molar-refractivity contribution >= 4 is 21.6 Å². The normalized spacial score (nSPS) is 22.6. The van der Waals surface area contributed by atoms with E-state index in [1.54, 1.807) is 7.11 Å². The zero-order valence-electron chi connectivity index (χ0n) is 12.3. The Labute approximate surface area is 135 Å². The number of rotatable bonds is 5. The van der Waals surface area contributed by atoms with Crippen LogP contribution < -0.4 is 0 Å². The molecule has 0 bridgehead atoms. The molecular formula is C14H17ClN2O4S. The number of hydrogen-bond acceptors (Lipinski definition) is 5. The van der Waals surface area contributed by atoms with Gasteiger partial charge in [-0.25, -0.2) is 8.42 Å². The van der Waals surface area contributed by atoms with Crippen LogP contribution in [-0.2, 0) is 19.5 Å². The van der Waals surface area contributed by atoms with Crippen molar-refractivity contribution in [1.29, 1.82) is 5.26 Å². The Morgan fingerprint density at radius 1 is 1.45 bits per heavy atom. The molecule has 6 nitrogen and oxygen atoms in total. The molecule has 0 aromatic heterocycles. The number of benzene rings is 1. The van der Waals surface area contributed by atoms with E-state index >= 15 is 0 Å². The van der Waals surface area contributed by atoms with Gasteiger partial charge in [0.2, 0.25) is 10.0 Å². The number of nitrogens with zero attached hydrogens (tertiary/aromatic N) is 2. The molecule has 1 heterocycles. The van der Waals surface area contributed by atoms with Crippen LogP contribution in [0.2, 0.25) is 5.02 Å². The summed E-state index contributed by atoms with van der Waals surface area (Å²) in [6.07, 6.45) is 0.414. The lowest BCUT2D eigenvalue weighted by atomic mass is 10.2. The Morgan fingerprint density at radius 3 is 2.73 bits per heavy atom. The van der Waals surface area contributed by atoms with Gasteiger partial charge in [-0.15, -0.1) is 0 Å². The molecule has 0 amide bonds. The summed E-state index contributed by atoms with van der Waals surface area (Å²) in [5, 5.41) is 8.99. The Kier molecular flexibility index (Phi) is 5.42. The van der Waals surface area contributed by atoms with E-state index in [2.05, 4.69) is 0 Å². The van der Waals surface area contributed by atoms with E-state index < -0.39 is 10.0 Å². The molecule has 0 saturated carbocycles. The average Bonchev–Trinajstić information content (AvgIpc) is 2.91. The van der Waals surface area contributed by atoms with Gasteiger partial charge in [-0.2, -0.15) is 9.57 Å². The Hall–Kier alpha value is -1.17. The first-order chi connectivity index (χ1) is 10.4. The molecule has 8 heteroatoms. The topological polar surface area (TPSA) is 79.6 Å². The second-order valence-corrected chi connectivity index (χ2v) is 7.33. The summed E-state index contributed by atoms with van der Waals surface area (Å²) in [6, 6.07) is 5.73. The summed E-state index contributed by atoms with van der Waals surface area (Å²) < 4.78 is 37.4. The van der Waals surface area contributed by atoms with Crippen LogP contribution in [0.15, 0.2) is 23.1 Å². The Balaban J connectivity index is 2.36. The van der Waals surface area contributed by atoms with Gasteiger partial charge in [-0.3, -0.25) is 0 Å². The van der Waals surface area contributed by atoms with E-state index in [1.165, 1.54) is 29.6 Å². The van der Waals surface area contributed by atoms with E-state index in [0.29, 0.717) is 13.0 Å². The van der Waals surface area contributed by atoms with Crippen LogP contribution in [0.3, 0.4) is 0 Å². The molecule has 0 spiro atoms. The molecular weight excluding hydrogens is 328 g/mol. The molecule has 1 aromatic rings. The highest BCUT2D eigenvalue weighted by atomic mass is 35.5. The molecule has 1 aliphatic rings. The fraction of sp³-hybridized carbons (Fsp3) is 0.500. The predicted octanol–water partition coefficient (Wildman–Crippen LogP) is 1.64. The van der Waals surface area contributed by atoms with Crippen LogP contribution in [-0.4, -0.2) is 52.2 Å². The number of methoxy groups -OCH3 is 2. The summed E-state index contributed by atoms with van der Waals surface area (Å²) in [4.78, 5) is 0.0642. The molecule has 1 aromatic carbocycles. The molecule has 1 saturated heterocycles. The van der Waals surface area contributed by atoms with Gasteiger partial charge in [0.25, 0.3) is 0 Å². The van der Waals surface area contributed by atoms with Crippen molar-refractivity contribution in [2.75, 3.05) is 27.4 Å². The molecule has 2 atom stereocenters. The largest absolute Gasteiger partial charge is 0.383 e. The van der Waals surface area contributed by atoms with Gasteiger partial charge in [-0.1, -0.05) is 11.6 Å². The lowest BCUT2D eigenvalue weighted by molar-refractivity contribution is 0.110. The monoisotopic (exact) mass is 344 g/mol. The highest BCUT2D eigenvalue weighted by molar-refractivity contribution is 7.89. The molecule has 0 unspecified atom stereocenters. The van der Waals surface area contributed by atoms with Crippen LogP contribution in [0.1, 0.15) is 12.0 Å². The van der Waals surface area contributed by atoms with Crippen molar-refractivity contribution in [3.63, 3.8) is 0 Å². The Morgan fingerprint density at radius 2 is 2.18 bits per heavy atom. The quantitative estimate of drug-likeness (QED) is 0.811. The minimum absolute atomic E-state index is 0.0642. The first kappa shape index (κ1) is 17.2. The molecule has 0 aliphatic carbocycles. The summed E-state index contributed by atoms with van der Waals surface area (Å²) in [7, 11) is -0.631. The van der Waals surface area contributed by atoms with E-state index in [4.69, 9.17) is 26.3 Å². The second-order valence-electron chi connectivity index (χ2n) is 5.03. The molecule has 120 valence electrons. The number of ether oxygens (including phenoxy) is 2. The highest BCUT2D eigenvalue weighted by Crippen LogP contribution is 2.29. The van der Waals surface area contributed by atoms with Crippen molar-refractivity contribution < 1.29 is 17.9 Å². The maximum Gasteiger partial charge on any atom is 0.243 e. The van der Waals surface area contributed by atoms with Crippen LogP contribution in [0.5, 0.6) is 0 Å². The van der Waals surface area contributed by atoms with E-state index in [-0.39, 0.29) is 34.2 Å². The van der Waals surface area contributed by atoms with Crippen LogP contribution in [0, 0.1) is 11.3 Å². The van der Waals surface area contributed by atoms with Gasteiger partial charge < -0.3 is 9.47 Å². The van der Waals surface area contributed by atoms with Crippen molar-refractivity contribution in [3.8, 4) is 6.07 Å². The number of sulfonamides is 1. The van der Waals surface area contributed by atoms with Gasteiger partial charge in [-0.05, 0) is 24.6 Å². The fourth-order valence-corrected chi connectivity index (χ4v) is 4.50. The van der Waals surface area contributed by atoms with Crippen LogP contribution in [0.4, 0.5) is 0 Å². The average molecular weight is 345 g/mol. The lowest BCUT2D eigenvalue weighted by Gasteiger charge is -2.23. The van der Waals surface area contributed by atoms with Gasteiger partial charge in [0.15, 0.2) is 0 Å². The van der Waals surface area contributed by atoms with Crippen molar-refractivity contribution in [3.05, 3.63) is 28.8 Å². The lowest BCUT2D eigenvalue weighted by Crippen LogP contribution is -2.38. The van der Waals surface area contributed by atoms with E-state index in [9.17, 15) is 8.42 Å². The fourth-order valence-electron chi connectivity index (χ4n) is 2.54. The third kappa shape index (κ3) is 3.26. The number of hydrogen-bond donors (Lipinski definition) is 0. The van der Waals surface area contributed by atoms with Crippen molar-refractivity contribution in [2.24, 2.45) is 0 Å². The minimum Gasteiger partial charge on any atom is -0.383 e. The minimum atomic E-state index is -3.72. The maximum absolute atomic E-state index is 12.8. The smallest absolute Gasteiger partial charge is 0.243 e. The third-order valence-corrected chi connectivity index (χ3v) is 5.91. The van der Waals surface area contributed by atoms with Gasteiger partial charge in [0, 0.05) is 20.8 Å². The first-order valence-corrected chi connectivity index (χ1v) is 8.49. The molecule has 2 rings (SSSR count). The number of nitriles is 1.